The maximum Gasteiger partial charge on any atom is 0.261 e. The molecule has 0 aliphatic heterocycles. The minimum atomic E-state index is -3.79. The number of fused-ring (bicyclic) bond motifs is 1. The molecule has 0 fully saturated rings. The smallest absolute Gasteiger partial charge is 0.261 e. The van der Waals surface area contributed by atoms with E-state index in [4.69, 9.17) is 0 Å². The van der Waals surface area contributed by atoms with E-state index in [-0.39, 0.29) is 10.8 Å². The maximum absolute atomic E-state index is 12.7. The molecule has 0 spiro atoms. The van der Waals surface area contributed by atoms with Gasteiger partial charge in [-0.3, -0.25) is 14.5 Å². The van der Waals surface area contributed by atoms with Crippen LogP contribution in [0.1, 0.15) is 30.1 Å². The van der Waals surface area contributed by atoms with Crippen LogP contribution in [0.4, 0.5) is 5.69 Å². The Morgan fingerprint density at radius 3 is 2.52 bits per heavy atom. The SMILES string of the molecule is CCCCNC(=O)c1ccc(S(=O)(=O)Nc2cccc3cccnc23)cc1. The lowest BCUT2D eigenvalue weighted by Crippen LogP contribution is -2.24. The fraction of sp³-hybridized carbons (Fsp3) is 0.200. The third-order valence-electron chi connectivity index (χ3n) is 4.12. The number of rotatable bonds is 7. The molecular weight excluding hydrogens is 362 g/mol. The Balaban J connectivity index is 1.80. The monoisotopic (exact) mass is 383 g/mol. The minimum absolute atomic E-state index is 0.0838. The van der Waals surface area contributed by atoms with E-state index < -0.39 is 10.0 Å². The topological polar surface area (TPSA) is 88.2 Å². The van der Waals surface area contributed by atoms with E-state index in [0.717, 1.165) is 18.2 Å². The zero-order chi connectivity index (χ0) is 19.3. The summed E-state index contributed by atoms with van der Waals surface area (Å²) in [6, 6.07) is 14.8. The van der Waals surface area contributed by atoms with Crippen LogP contribution in [-0.2, 0) is 10.0 Å². The summed E-state index contributed by atoms with van der Waals surface area (Å²) in [5, 5.41) is 3.65. The van der Waals surface area contributed by atoms with Crippen LogP contribution in [0.2, 0.25) is 0 Å². The van der Waals surface area contributed by atoms with Gasteiger partial charge < -0.3 is 5.32 Å². The predicted molar refractivity (Wildman–Crippen MR) is 106 cm³/mol. The minimum Gasteiger partial charge on any atom is -0.352 e. The number of benzene rings is 2. The molecule has 140 valence electrons. The Kier molecular flexibility index (Phi) is 5.71. The number of para-hydroxylation sites is 1. The molecule has 0 atom stereocenters. The van der Waals surface area contributed by atoms with Crippen molar-refractivity contribution in [2.45, 2.75) is 24.7 Å². The number of amides is 1. The molecule has 2 N–H and O–H groups in total. The summed E-state index contributed by atoms with van der Waals surface area (Å²) in [6.07, 6.45) is 3.51. The van der Waals surface area contributed by atoms with Crippen molar-refractivity contribution >= 4 is 32.5 Å². The number of carbonyl (C=O) groups is 1. The molecule has 0 unspecified atom stereocenters. The highest BCUT2D eigenvalue weighted by Crippen LogP contribution is 2.24. The van der Waals surface area contributed by atoms with Crippen LogP contribution in [0.5, 0.6) is 0 Å². The van der Waals surface area contributed by atoms with Crippen LogP contribution in [-0.4, -0.2) is 25.9 Å². The molecule has 1 aromatic heterocycles. The third kappa shape index (κ3) is 4.43. The predicted octanol–water partition coefficient (Wildman–Crippen LogP) is 3.57. The molecule has 0 aliphatic carbocycles. The first-order valence-corrected chi connectivity index (χ1v) is 10.2. The zero-order valence-corrected chi connectivity index (χ0v) is 15.8. The quantitative estimate of drug-likeness (QED) is 0.611. The van der Waals surface area contributed by atoms with Crippen molar-refractivity contribution in [1.29, 1.82) is 0 Å². The molecular formula is C20H21N3O3S. The second kappa shape index (κ2) is 8.18. The van der Waals surface area contributed by atoms with E-state index in [0.29, 0.717) is 23.3 Å². The van der Waals surface area contributed by atoms with Gasteiger partial charge in [-0.2, -0.15) is 0 Å². The molecule has 0 saturated carbocycles. The van der Waals surface area contributed by atoms with Crippen molar-refractivity contribution in [2.24, 2.45) is 0 Å². The first-order valence-electron chi connectivity index (χ1n) is 8.76. The second-order valence-corrected chi connectivity index (χ2v) is 7.80. The molecule has 1 heterocycles. The summed E-state index contributed by atoms with van der Waals surface area (Å²) in [4.78, 5) is 16.4. The van der Waals surface area contributed by atoms with Crippen LogP contribution >= 0.6 is 0 Å². The Bertz CT molecular complexity index is 1040. The number of nitrogens with zero attached hydrogens (tertiary/aromatic N) is 1. The Labute approximate surface area is 158 Å². The summed E-state index contributed by atoms with van der Waals surface area (Å²) >= 11 is 0. The zero-order valence-electron chi connectivity index (χ0n) is 15.0. The first kappa shape index (κ1) is 18.8. The van der Waals surface area contributed by atoms with Crippen molar-refractivity contribution < 1.29 is 13.2 Å². The highest BCUT2D eigenvalue weighted by molar-refractivity contribution is 7.92. The van der Waals surface area contributed by atoms with Gasteiger partial charge in [0.25, 0.3) is 15.9 Å². The van der Waals surface area contributed by atoms with E-state index in [1.165, 1.54) is 24.3 Å². The summed E-state index contributed by atoms with van der Waals surface area (Å²) in [7, 11) is -3.79. The van der Waals surface area contributed by atoms with Crippen molar-refractivity contribution in [1.82, 2.24) is 10.3 Å². The van der Waals surface area contributed by atoms with E-state index in [1.807, 2.05) is 19.1 Å². The molecule has 3 rings (SSSR count). The molecule has 1 amide bonds. The number of pyridine rings is 1. The molecule has 27 heavy (non-hydrogen) atoms. The lowest BCUT2D eigenvalue weighted by atomic mass is 10.2. The number of carbonyl (C=O) groups excluding carboxylic acids is 1. The molecule has 2 aromatic carbocycles. The van der Waals surface area contributed by atoms with Gasteiger partial charge >= 0.3 is 0 Å². The number of anilines is 1. The van der Waals surface area contributed by atoms with E-state index in [2.05, 4.69) is 15.0 Å². The molecule has 0 bridgehead atoms. The van der Waals surface area contributed by atoms with Gasteiger partial charge in [-0.05, 0) is 42.8 Å². The Morgan fingerprint density at radius 1 is 1.04 bits per heavy atom. The van der Waals surface area contributed by atoms with Gasteiger partial charge in [0, 0.05) is 23.7 Å². The number of sulfonamides is 1. The summed E-state index contributed by atoms with van der Waals surface area (Å²) < 4.78 is 28.0. The number of hydrogen-bond donors (Lipinski definition) is 2. The second-order valence-electron chi connectivity index (χ2n) is 6.12. The lowest BCUT2D eigenvalue weighted by molar-refractivity contribution is 0.0953. The van der Waals surface area contributed by atoms with Gasteiger partial charge in [0.15, 0.2) is 0 Å². The molecule has 0 radical (unpaired) electrons. The maximum atomic E-state index is 12.7. The molecule has 3 aromatic rings. The van der Waals surface area contributed by atoms with E-state index in [9.17, 15) is 13.2 Å². The van der Waals surface area contributed by atoms with Crippen molar-refractivity contribution in [2.75, 3.05) is 11.3 Å². The first-order chi connectivity index (χ1) is 13.0. The van der Waals surface area contributed by atoms with Gasteiger partial charge in [0.2, 0.25) is 0 Å². The number of nitrogens with one attached hydrogen (secondary N) is 2. The van der Waals surface area contributed by atoms with Crippen LogP contribution in [0.15, 0.2) is 65.7 Å². The van der Waals surface area contributed by atoms with Gasteiger partial charge in [0.05, 0.1) is 16.1 Å². The fourth-order valence-corrected chi connectivity index (χ4v) is 3.72. The van der Waals surface area contributed by atoms with Crippen LogP contribution < -0.4 is 10.0 Å². The average Bonchev–Trinajstić information content (AvgIpc) is 2.68. The van der Waals surface area contributed by atoms with Crippen molar-refractivity contribution in [3.05, 3.63) is 66.4 Å². The van der Waals surface area contributed by atoms with Crippen molar-refractivity contribution in [3.8, 4) is 0 Å². The van der Waals surface area contributed by atoms with E-state index in [1.54, 1.807) is 24.4 Å². The lowest BCUT2D eigenvalue weighted by Gasteiger charge is -2.11. The van der Waals surface area contributed by atoms with Crippen LogP contribution in [0, 0.1) is 0 Å². The highest BCUT2D eigenvalue weighted by atomic mass is 32.2. The summed E-state index contributed by atoms with van der Waals surface area (Å²) in [5.74, 6) is -0.210. The molecule has 0 saturated heterocycles. The summed E-state index contributed by atoms with van der Waals surface area (Å²) in [5.41, 5.74) is 1.42. The largest absolute Gasteiger partial charge is 0.352 e. The molecule has 0 aliphatic rings. The summed E-state index contributed by atoms with van der Waals surface area (Å²) in [6.45, 7) is 2.65. The van der Waals surface area contributed by atoms with Crippen molar-refractivity contribution in [3.63, 3.8) is 0 Å². The number of aromatic nitrogens is 1. The standard InChI is InChI=1S/C20H21N3O3S/c1-2-3-13-22-20(24)16-9-11-17(12-10-16)27(25,26)23-18-8-4-6-15-7-5-14-21-19(15)18/h4-12,14,23H,2-3,13H2,1H3,(H,22,24). The number of hydrogen-bond acceptors (Lipinski definition) is 4. The highest BCUT2D eigenvalue weighted by Gasteiger charge is 2.16. The molecule has 6 nitrogen and oxygen atoms in total. The Hall–Kier alpha value is -2.93. The van der Waals surface area contributed by atoms with Gasteiger partial charge in [-0.1, -0.05) is 31.5 Å². The average molecular weight is 383 g/mol. The van der Waals surface area contributed by atoms with Gasteiger partial charge in [0.1, 0.15) is 0 Å². The normalized spacial score (nSPS) is 11.3. The van der Waals surface area contributed by atoms with Crippen LogP contribution in [0.3, 0.4) is 0 Å². The fourth-order valence-electron chi connectivity index (χ4n) is 2.66. The number of unbranched alkanes of at least 4 members (excludes halogenated alkanes) is 1. The third-order valence-corrected chi connectivity index (χ3v) is 5.50. The van der Waals surface area contributed by atoms with Crippen LogP contribution in [0.25, 0.3) is 10.9 Å². The van der Waals surface area contributed by atoms with Gasteiger partial charge in [-0.15, -0.1) is 0 Å². The Morgan fingerprint density at radius 2 is 1.78 bits per heavy atom. The molecule has 7 heteroatoms. The van der Waals surface area contributed by atoms with Gasteiger partial charge in [-0.25, -0.2) is 8.42 Å². The van der Waals surface area contributed by atoms with E-state index >= 15 is 0 Å².